The van der Waals surface area contributed by atoms with Gasteiger partial charge in [-0.15, -0.1) is 6.42 Å². The number of amides is 2. The summed E-state index contributed by atoms with van der Waals surface area (Å²) in [6.07, 6.45) is 5.24. The third-order valence-corrected chi connectivity index (χ3v) is 4.15. The van der Waals surface area contributed by atoms with E-state index in [1.54, 1.807) is 18.1 Å². The summed E-state index contributed by atoms with van der Waals surface area (Å²) in [6, 6.07) is 12.8. The van der Waals surface area contributed by atoms with Crippen LogP contribution in [0.3, 0.4) is 0 Å². The Morgan fingerprint density at radius 3 is 2.70 bits per heavy atom. The van der Waals surface area contributed by atoms with Gasteiger partial charge in [-0.3, -0.25) is 0 Å². The number of carbonyl (C=O) groups is 1. The van der Waals surface area contributed by atoms with Crippen LogP contribution in [0.4, 0.5) is 4.79 Å². The summed E-state index contributed by atoms with van der Waals surface area (Å²) >= 11 is 6.01. The van der Waals surface area contributed by atoms with Gasteiger partial charge in [-0.2, -0.15) is 0 Å². The van der Waals surface area contributed by atoms with Crippen molar-refractivity contribution < 1.29 is 14.3 Å². The van der Waals surface area contributed by atoms with Crippen molar-refractivity contribution >= 4 is 17.6 Å². The van der Waals surface area contributed by atoms with E-state index in [4.69, 9.17) is 27.5 Å². The second-order valence-electron chi connectivity index (χ2n) is 5.78. The molecule has 0 saturated heterocycles. The summed E-state index contributed by atoms with van der Waals surface area (Å²) < 4.78 is 10.7. The number of urea groups is 1. The van der Waals surface area contributed by atoms with E-state index < -0.39 is 0 Å². The van der Waals surface area contributed by atoms with Gasteiger partial charge in [0.25, 0.3) is 0 Å². The molecular formula is C21H23ClN2O3. The number of halogens is 1. The standard InChI is InChI=1S/C21H23ClN2O3/c1-4-11-27-20-13-16(9-10-19(20)26-3)14-23-21(25)24(5-2)15-17-7-6-8-18(22)12-17/h1,6-10,12-13H,5,11,14-15H2,2-3H3,(H,23,25). The number of rotatable bonds is 8. The maximum absolute atomic E-state index is 12.5. The number of methoxy groups -OCH3 is 1. The van der Waals surface area contributed by atoms with Crippen molar-refractivity contribution in [3.05, 3.63) is 58.6 Å². The predicted molar refractivity (Wildman–Crippen MR) is 107 cm³/mol. The zero-order chi connectivity index (χ0) is 19.6. The molecule has 1 N–H and O–H groups in total. The molecule has 2 aromatic rings. The highest BCUT2D eigenvalue weighted by Crippen LogP contribution is 2.28. The second-order valence-corrected chi connectivity index (χ2v) is 6.22. The molecule has 0 aliphatic carbocycles. The molecule has 5 nitrogen and oxygen atoms in total. The van der Waals surface area contributed by atoms with E-state index >= 15 is 0 Å². The molecule has 0 aliphatic heterocycles. The van der Waals surface area contributed by atoms with Crippen molar-refractivity contribution in [2.24, 2.45) is 0 Å². The van der Waals surface area contributed by atoms with Crippen LogP contribution in [0.25, 0.3) is 0 Å². The van der Waals surface area contributed by atoms with Gasteiger partial charge in [-0.05, 0) is 42.3 Å². The van der Waals surface area contributed by atoms with E-state index in [9.17, 15) is 4.79 Å². The maximum Gasteiger partial charge on any atom is 0.317 e. The van der Waals surface area contributed by atoms with Crippen LogP contribution in [0.15, 0.2) is 42.5 Å². The van der Waals surface area contributed by atoms with Gasteiger partial charge in [-0.25, -0.2) is 4.79 Å². The third kappa shape index (κ3) is 6.12. The quantitative estimate of drug-likeness (QED) is 0.695. The number of carbonyl (C=O) groups excluding carboxylic acids is 1. The molecule has 0 fully saturated rings. The Bertz CT molecular complexity index is 817. The van der Waals surface area contributed by atoms with E-state index in [0.717, 1.165) is 11.1 Å². The SMILES string of the molecule is C#CCOc1cc(CNC(=O)N(CC)Cc2cccc(Cl)c2)ccc1OC. The summed E-state index contributed by atoms with van der Waals surface area (Å²) in [5.41, 5.74) is 1.86. The second kappa shape index (κ2) is 10.3. The Morgan fingerprint density at radius 2 is 2.04 bits per heavy atom. The van der Waals surface area contributed by atoms with Gasteiger partial charge in [0.05, 0.1) is 7.11 Å². The largest absolute Gasteiger partial charge is 0.493 e. The van der Waals surface area contributed by atoms with Crippen molar-refractivity contribution in [3.63, 3.8) is 0 Å². The maximum atomic E-state index is 12.5. The number of hydrogen-bond acceptors (Lipinski definition) is 3. The fraction of sp³-hybridized carbons (Fsp3) is 0.286. The minimum atomic E-state index is -0.153. The van der Waals surface area contributed by atoms with Crippen molar-refractivity contribution in [3.8, 4) is 23.8 Å². The number of benzene rings is 2. The number of ether oxygens (including phenoxy) is 2. The lowest BCUT2D eigenvalue weighted by atomic mass is 10.2. The first-order valence-corrected chi connectivity index (χ1v) is 8.95. The molecule has 0 saturated carbocycles. The van der Waals surface area contributed by atoms with Gasteiger partial charge in [-0.1, -0.05) is 35.7 Å². The molecule has 0 aromatic heterocycles. The zero-order valence-corrected chi connectivity index (χ0v) is 16.3. The van der Waals surface area contributed by atoms with E-state index in [0.29, 0.717) is 36.2 Å². The van der Waals surface area contributed by atoms with Gasteiger partial charge in [0.2, 0.25) is 0 Å². The van der Waals surface area contributed by atoms with Crippen LogP contribution >= 0.6 is 11.6 Å². The van der Waals surface area contributed by atoms with Crippen LogP contribution in [0.1, 0.15) is 18.1 Å². The summed E-state index contributed by atoms with van der Waals surface area (Å²) in [6.45, 7) is 3.51. The Morgan fingerprint density at radius 1 is 1.22 bits per heavy atom. The first kappa shape index (κ1) is 20.5. The van der Waals surface area contributed by atoms with Crippen LogP contribution < -0.4 is 14.8 Å². The van der Waals surface area contributed by atoms with Crippen LogP contribution in [-0.4, -0.2) is 31.2 Å². The summed E-state index contributed by atoms with van der Waals surface area (Å²) in [5, 5.41) is 3.58. The Labute approximate surface area is 165 Å². The van der Waals surface area contributed by atoms with Crippen LogP contribution in [0.5, 0.6) is 11.5 Å². The lowest BCUT2D eigenvalue weighted by Crippen LogP contribution is -2.39. The lowest BCUT2D eigenvalue weighted by Gasteiger charge is -2.22. The van der Waals surface area contributed by atoms with Crippen molar-refractivity contribution in [1.29, 1.82) is 0 Å². The molecule has 0 bridgehead atoms. The molecule has 2 rings (SSSR count). The average molecular weight is 387 g/mol. The first-order valence-electron chi connectivity index (χ1n) is 8.57. The number of nitrogens with zero attached hydrogens (tertiary/aromatic N) is 1. The minimum Gasteiger partial charge on any atom is -0.493 e. The Hall–Kier alpha value is -2.84. The highest BCUT2D eigenvalue weighted by atomic mass is 35.5. The Balaban J connectivity index is 1.99. The summed E-state index contributed by atoms with van der Waals surface area (Å²) in [7, 11) is 1.56. The average Bonchev–Trinajstić information content (AvgIpc) is 2.68. The third-order valence-electron chi connectivity index (χ3n) is 3.91. The molecule has 2 amide bonds. The molecule has 0 atom stereocenters. The molecule has 6 heteroatoms. The molecule has 0 aliphatic rings. The number of terminal acetylenes is 1. The van der Waals surface area contributed by atoms with Crippen molar-refractivity contribution in [1.82, 2.24) is 10.2 Å². The number of hydrogen-bond donors (Lipinski definition) is 1. The van der Waals surface area contributed by atoms with Crippen LogP contribution in [0.2, 0.25) is 5.02 Å². The summed E-state index contributed by atoms with van der Waals surface area (Å²) in [4.78, 5) is 14.2. The van der Waals surface area contributed by atoms with Gasteiger partial charge >= 0.3 is 6.03 Å². The monoisotopic (exact) mass is 386 g/mol. The van der Waals surface area contributed by atoms with Gasteiger partial charge in [0.1, 0.15) is 6.61 Å². The normalized spacial score (nSPS) is 10.0. The molecule has 0 heterocycles. The smallest absolute Gasteiger partial charge is 0.317 e. The van der Waals surface area contributed by atoms with Gasteiger partial charge in [0.15, 0.2) is 11.5 Å². The van der Waals surface area contributed by atoms with Crippen molar-refractivity contribution in [2.75, 3.05) is 20.3 Å². The molecule has 142 valence electrons. The molecular weight excluding hydrogens is 364 g/mol. The molecule has 0 radical (unpaired) electrons. The minimum absolute atomic E-state index is 0.148. The van der Waals surface area contributed by atoms with E-state index in [-0.39, 0.29) is 12.6 Å². The predicted octanol–water partition coefficient (Wildman–Crippen LogP) is 4.09. The first-order chi connectivity index (χ1) is 13.1. The molecule has 2 aromatic carbocycles. The zero-order valence-electron chi connectivity index (χ0n) is 15.5. The van der Waals surface area contributed by atoms with Crippen LogP contribution in [-0.2, 0) is 13.1 Å². The molecule has 27 heavy (non-hydrogen) atoms. The lowest BCUT2D eigenvalue weighted by molar-refractivity contribution is 0.197. The summed E-state index contributed by atoms with van der Waals surface area (Å²) in [5.74, 6) is 3.57. The van der Waals surface area contributed by atoms with E-state index in [1.165, 1.54) is 0 Å². The topological polar surface area (TPSA) is 50.8 Å². The highest BCUT2D eigenvalue weighted by molar-refractivity contribution is 6.30. The highest BCUT2D eigenvalue weighted by Gasteiger charge is 2.13. The Kier molecular flexibility index (Phi) is 7.84. The van der Waals surface area contributed by atoms with Crippen molar-refractivity contribution in [2.45, 2.75) is 20.0 Å². The fourth-order valence-corrected chi connectivity index (χ4v) is 2.75. The van der Waals surface area contributed by atoms with Crippen LogP contribution in [0, 0.1) is 12.3 Å². The van der Waals surface area contributed by atoms with E-state index in [2.05, 4.69) is 11.2 Å². The van der Waals surface area contributed by atoms with E-state index in [1.807, 2.05) is 43.3 Å². The van der Waals surface area contributed by atoms with Gasteiger partial charge in [0, 0.05) is 24.7 Å². The number of nitrogens with one attached hydrogen (secondary N) is 1. The molecule has 0 unspecified atom stereocenters. The molecule has 0 spiro atoms. The fourth-order valence-electron chi connectivity index (χ4n) is 2.54. The van der Waals surface area contributed by atoms with Gasteiger partial charge < -0.3 is 19.7 Å².